The van der Waals surface area contributed by atoms with Gasteiger partial charge in [-0.1, -0.05) is 15.9 Å². The zero-order chi connectivity index (χ0) is 9.68. The molecule has 1 aromatic rings. The van der Waals surface area contributed by atoms with Gasteiger partial charge in [0.1, 0.15) is 5.82 Å². The molecule has 1 N–H and O–H groups in total. The Morgan fingerprint density at radius 3 is 3.15 bits per heavy atom. The van der Waals surface area contributed by atoms with E-state index in [1.165, 1.54) is 0 Å². The predicted molar refractivity (Wildman–Crippen MR) is 58.5 cm³/mol. The van der Waals surface area contributed by atoms with Crippen molar-refractivity contribution in [2.24, 2.45) is 0 Å². The molecule has 1 aromatic heterocycles. The van der Waals surface area contributed by atoms with Crippen LogP contribution in [0.4, 0.5) is 5.82 Å². The lowest BCUT2D eigenvalue weighted by Gasteiger charge is -2.11. The highest BCUT2D eigenvalue weighted by molar-refractivity contribution is 9.10. The summed E-state index contributed by atoms with van der Waals surface area (Å²) in [5.41, 5.74) is 0. The first-order valence-corrected chi connectivity index (χ1v) is 4.83. The third kappa shape index (κ3) is 3.47. The second kappa shape index (κ2) is 4.88. The minimum absolute atomic E-state index is 0.256. The lowest BCUT2D eigenvalue weighted by Crippen LogP contribution is -2.14. The molecule has 3 heteroatoms. The van der Waals surface area contributed by atoms with Crippen LogP contribution in [0, 0.1) is 12.3 Å². The van der Waals surface area contributed by atoms with Gasteiger partial charge in [-0.25, -0.2) is 4.98 Å². The van der Waals surface area contributed by atoms with E-state index < -0.39 is 0 Å². The summed E-state index contributed by atoms with van der Waals surface area (Å²) in [5.74, 6) is 3.44. The average molecular weight is 239 g/mol. The summed E-state index contributed by atoms with van der Waals surface area (Å²) in [4.78, 5) is 4.15. The SMILES string of the molecule is C#CCC(C)Nc1cc(Br)ccn1. The number of terminal acetylenes is 1. The highest BCUT2D eigenvalue weighted by Gasteiger charge is 2.00. The minimum atomic E-state index is 0.256. The highest BCUT2D eigenvalue weighted by Crippen LogP contribution is 2.13. The van der Waals surface area contributed by atoms with Gasteiger partial charge >= 0.3 is 0 Å². The maximum Gasteiger partial charge on any atom is 0.127 e. The van der Waals surface area contributed by atoms with Crippen molar-refractivity contribution < 1.29 is 0 Å². The van der Waals surface area contributed by atoms with Gasteiger partial charge in [0.05, 0.1) is 0 Å². The quantitative estimate of drug-likeness (QED) is 0.820. The molecule has 0 radical (unpaired) electrons. The van der Waals surface area contributed by atoms with Crippen LogP contribution in [-0.4, -0.2) is 11.0 Å². The predicted octanol–water partition coefficient (Wildman–Crippen LogP) is 2.67. The fourth-order valence-corrected chi connectivity index (χ4v) is 1.30. The summed E-state index contributed by atoms with van der Waals surface area (Å²) in [6.07, 6.45) is 7.64. The number of rotatable bonds is 3. The van der Waals surface area contributed by atoms with Crippen LogP contribution in [0.25, 0.3) is 0 Å². The molecule has 68 valence electrons. The highest BCUT2D eigenvalue weighted by atomic mass is 79.9. The van der Waals surface area contributed by atoms with Gasteiger partial charge in [-0.15, -0.1) is 12.3 Å². The summed E-state index contributed by atoms with van der Waals surface area (Å²) in [7, 11) is 0. The average Bonchev–Trinajstić information content (AvgIpc) is 2.04. The molecule has 0 saturated carbocycles. The van der Waals surface area contributed by atoms with Crippen molar-refractivity contribution in [1.29, 1.82) is 0 Å². The normalized spacial score (nSPS) is 11.8. The van der Waals surface area contributed by atoms with Crippen LogP contribution in [0.15, 0.2) is 22.8 Å². The zero-order valence-electron chi connectivity index (χ0n) is 7.42. The molecule has 0 amide bonds. The van der Waals surface area contributed by atoms with Crippen molar-refractivity contribution in [3.63, 3.8) is 0 Å². The second-order valence-electron chi connectivity index (χ2n) is 2.81. The summed E-state index contributed by atoms with van der Waals surface area (Å²) in [6.45, 7) is 2.03. The van der Waals surface area contributed by atoms with E-state index in [1.54, 1.807) is 6.20 Å². The van der Waals surface area contributed by atoms with Gasteiger partial charge in [0.25, 0.3) is 0 Å². The second-order valence-corrected chi connectivity index (χ2v) is 3.73. The molecule has 0 aliphatic carbocycles. The van der Waals surface area contributed by atoms with Gasteiger partial charge in [-0.05, 0) is 19.1 Å². The molecule has 1 heterocycles. The molecule has 0 saturated heterocycles. The van der Waals surface area contributed by atoms with E-state index >= 15 is 0 Å². The first-order valence-electron chi connectivity index (χ1n) is 4.04. The lowest BCUT2D eigenvalue weighted by molar-refractivity contribution is 0.821. The minimum Gasteiger partial charge on any atom is -0.367 e. The number of hydrogen-bond acceptors (Lipinski definition) is 2. The fourth-order valence-electron chi connectivity index (χ4n) is 0.964. The Hall–Kier alpha value is -1.01. The number of anilines is 1. The van der Waals surface area contributed by atoms with Crippen LogP contribution in [0.3, 0.4) is 0 Å². The molecule has 0 fully saturated rings. The van der Waals surface area contributed by atoms with Crippen molar-refractivity contribution in [2.75, 3.05) is 5.32 Å². The standard InChI is InChI=1S/C10H11BrN2/c1-3-4-8(2)13-10-7-9(11)5-6-12-10/h1,5-8H,4H2,2H3,(H,12,13). The number of pyridine rings is 1. The molecule has 13 heavy (non-hydrogen) atoms. The number of aromatic nitrogens is 1. The van der Waals surface area contributed by atoms with Crippen LogP contribution in [0.2, 0.25) is 0 Å². The molecule has 0 aliphatic heterocycles. The molecule has 1 unspecified atom stereocenters. The van der Waals surface area contributed by atoms with Crippen molar-refractivity contribution in [3.05, 3.63) is 22.8 Å². The van der Waals surface area contributed by atoms with Gasteiger partial charge < -0.3 is 5.32 Å². The molecule has 0 aromatic carbocycles. The number of hydrogen-bond donors (Lipinski definition) is 1. The fraction of sp³-hybridized carbons (Fsp3) is 0.300. The summed E-state index contributed by atoms with van der Waals surface area (Å²) >= 11 is 3.37. The van der Waals surface area contributed by atoms with Gasteiger partial charge in [0.2, 0.25) is 0 Å². The zero-order valence-corrected chi connectivity index (χ0v) is 9.01. The topological polar surface area (TPSA) is 24.9 Å². The van der Waals surface area contributed by atoms with E-state index in [2.05, 4.69) is 32.2 Å². The molecule has 1 rings (SSSR count). The molecule has 2 nitrogen and oxygen atoms in total. The van der Waals surface area contributed by atoms with E-state index in [4.69, 9.17) is 6.42 Å². The molecule has 0 bridgehead atoms. The Labute approximate surface area is 86.9 Å². The van der Waals surface area contributed by atoms with E-state index in [0.29, 0.717) is 6.42 Å². The molecule has 1 atom stereocenters. The third-order valence-corrected chi connectivity index (χ3v) is 2.03. The summed E-state index contributed by atoms with van der Waals surface area (Å²) in [6, 6.07) is 4.07. The number of nitrogens with one attached hydrogen (secondary N) is 1. The Morgan fingerprint density at radius 2 is 2.54 bits per heavy atom. The van der Waals surface area contributed by atoms with E-state index in [9.17, 15) is 0 Å². The molecule has 0 aliphatic rings. The molecular formula is C10H11BrN2. The van der Waals surface area contributed by atoms with Crippen molar-refractivity contribution in [2.45, 2.75) is 19.4 Å². The van der Waals surface area contributed by atoms with Crippen LogP contribution in [0.1, 0.15) is 13.3 Å². The van der Waals surface area contributed by atoms with Crippen molar-refractivity contribution in [3.8, 4) is 12.3 Å². The smallest absolute Gasteiger partial charge is 0.127 e. The Bertz CT molecular complexity index is 317. The largest absolute Gasteiger partial charge is 0.367 e. The van der Waals surface area contributed by atoms with E-state index in [0.717, 1.165) is 10.3 Å². The lowest BCUT2D eigenvalue weighted by atomic mass is 10.2. The van der Waals surface area contributed by atoms with Crippen molar-refractivity contribution in [1.82, 2.24) is 4.98 Å². The van der Waals surface area contributed by atoms with Gasteiger partial charge in [0.15, 0.2) is 0 Å². The summed E-state index contributed by atoms with van der Waals surface area (Å²) in [5, 5.41) is 3.20. The van der Waals surface area contributed by atoms with Crippen LogP contribution in [0.5, 0.6) is 0 Å². The molecular weight excluding hydrogens is 228 g/mol. The summed E-state index contributed by atoms with van der Waals surface area (Å²) < 4.78 is 1.01. The Balaban J connectivity index is 2.59. The number of nitrogens with zero attached hydrogens (tertiary/aromatic N) is 1. The van der Waals surface area contributed by atoms with Crippen molar-refractivity contribution >= 4 is 21.7 Å². The maximum absolute atomic E-state index is 5.19. The van der Waals surface area contributed by atoms with Gasteiger partial charge in [0, 0.05) is 23.1 Å². The van der Waals surface area contributed by atoms with Crippen LogP contribution >= 0.6 is 15.9 Å². The van der Waals surface area contributed by atoms with Crippen LogP contribution < -0.4 is 5.32 Å². The van der Waals surface area contributed by atoms with Gasteiger partial charge in [-0.2, -0.15) is 0 Å². The Kier molecular flexibility index (Phi) is 3.78. The van der Waals surface area contributed by atoms with Gasteiger partial charge in [-0.3, -0.25) is 0 Å². The number of halogens is 1. The van der Waals surface area contributed by atoms with E-state index in [1.807, 2.05) is 19.1 Å². The van der Waals surface area contributed by atoms with E-state index in [-0.39, 0.29) is 6.04 Å². The first-order chi connectivity index (χ1) is 6.22. The monoisotopic (exact) mass is 238 g/mol. The Morgan fingerprint density at radius 1 is 1.77 bits per heavy atom. The third-order valence-electron chi connectivity index (χ3n) is 1.54. The first kappa shape index (κ1) is 10.1. The maximum atomic E-state index is 5.19. The van der Waals surface area contributed by atoms with Crippen LogP contribution in [-0.2, 0) is 0 Å². The molecule has 0 spiro atoms.